The first-order valence-electron chi connectivity index (χ1n) is 6.71. The predicted octanol–water partition coefficient (Wildman–Crippen LogP) is 3.55. The molecular weight excluding hydrogens is 336 g/mol. The number of halogens is 1. The Morgan fingerprint density at radius 2 is 1.96 bits per heavy atom. The van der Waals surface area contributed by atoms with Crippen molar-refractivity contribution in [1.82, 2.24) is 0 Å². The number of esters is 1. The van der Waals surface area contributed by atoms with Gasteiger partial charge >= 0.3 is 5.97 Å². The number of carbonyl (C=O) groups is 1. The Bertz CT molecular complexity index is 820. The Kier molecular flexibility index (Phi) is 5.49. The molecule has 0 atom stereocenters. The maximum absolute atomic E-state index is 12.1. The van der Waals surface area contributed by atoms with E-state index < -0.39 is 10.9 Å². The van der Waals surface area contributed by atoms with E-state index in [-0.39, 0.29) is 22.8 Å². The topological polar surface area (TPSA) is 91.0 Å². The monoisotopic (exact) mass is 348 g/mol. The van der Waals surface area contributed by atoms with Gasteiger partial charge in [0.1, 0.15) is 5.69 Å². The SMILES string of the molecule is COC(=O)C(=Nc1ccc([N+](=O)[O-])cc1OC)c1cccc(Cl)c1. The van der Waals surface area contributed by atoms with E-state index in [0.717, 1.165) is 0 Å². The van der Waals surface area contributed by atoms with Gasteiger partial charge < -0.3 is 9.47 Å². The molecular formula is C16H13ClN2O5. The van der Waals surface area contributed by atoms with Crippen molar-refractivity contribution in [3.63, 3.8) is 0 Å². The van der Waals surface area contributed by atoms with Crippen LogP contribution < -0.4 is 4.74 Å². The molecule has 0 radical (unpaired) electrons. The summed E-state index contributed by atoms with van der Waals surface area (Å²) < 4.78 is 9.87. The first-order valence-corrected chi connectivity index (χ1v) is 7.09. The average molecular weight is 349 g/mol. The fourth-order valence-electron chi connectivity index (χ4n) is 1.95. The number of aliphatic imine (C=N–C) groups is 1. The van der Waals surface area contributed by atoms with Crippen molar-refractivity contribution in [1.29, 1.82) is 0 Å². The molecule has 0 bridgehead atoms. The third kappa shape index (κ3) is 3.88. The summed E-state index contributed by atoms with van der Waals surface area (Å²) >= 11 is 5.95. The van der Waals surface area contributed by atoms with Crippen molar-refractivity contribution < 1.29 is 19.2 Å². The fourth-order valence-corrected chi connectivity index (χ4v) is 2.14. The number of methoxy groups -OCH3 is 2. The molecule has 0 spiro atoms. The molecule has 24 heavy (non-hydrogen) atoms. The molecule has 124 valence electrons. The van der Waals surface area contributed by atoms with Crippen LogP contribution in [0.25, 0.3) is 0 Å². The van der Waals surface area contributed by atoms with E-state index in [4.69, 9.17) is 21.1 Å². The summed E-state index contributed by atoms with van der Waals surface area (Å²) in [5, 5.41) is 11.3. The summed E-state index contributed by atoms with van der Waals surface area (Å²) in [5.74, 6) is -0.509. The normalized spacial score (nSPS) is 11.0. The van der Waals surface area contributed by atoms with E-state index in [9.17, 15) is 14.9 Å². The van der Waals surface area contributed by atoms with Crippen LogP contribution in [0.1, 0.15) is 5.56 Å². The molecule has 0 aliphatic carbocycles. The summed E-state index contributed by atoms with van der Waals surface area (Å²) in [7, 11) is 2.59. The summed E-state index contributed by atoms with van der Waals surface area (Å²) in [5.41, 5.74) is 0.568. The molecule has 0 aliphatic rings. The van der Waals surface area contributed by atoms with Crippen molar-refractivity contribution >= 4 is 34.7 Å². The van der Waals surface area contributed by atoms with Gasteiger partial charge in [-0.05, 0) is 18.2 Å². The highest BCUT2D eigenvalue weighted by atomic mass is 35.5. The number of carbonyl (C=O) groups excluding carboxylic acids is 1. The number of hydrogen-bond acceptors (Lipinski definition) is 6. The smallest absolute Gasteiger partial charge is 0.357 e. The van der Waals surface area contributed by atoms with Crippen LogP contribution in [0.15, 0.2) is 47.5 Å². The minimum absolute atomic E-state index is 0.00662. The van der Waals surface area contributed by atoms with Gasteiger partial charge in [0.15, 0.2) is 11.5 Å². The number of hydrogen-bond donors (Lipinski definition) is 0. The molecule has 0 amide bonds. The van der Waals surface area contributed by atoms with Gasteiger partial charge in [0.05, 0.1) is 25.2 Å². The first kappa shape index (κ1) is 17.4. The lowest BCUT2D eigenvalue weighted by Crippen LogP contribution is -2.17. The minimum Gasteiger partial charge on any atom is -0.494 e. The van der Waals surface area contributed by atoms with Gasteiger partial charge in [-0.3, -0.25) is 10.1 Å². The molecule has 2 aromatic carbocycles. The van der Waals surface area contributed by atoms with Gasteiger partial charge in [-0.1, -0.05) is 23.7 Å². The summed E-state index contributed by atoms with van der Waals surface area (Å²) in [6, 6.07) is 10.4. The predicted molar refractivity (Wildman–Crippen MR) is 89.3 cm³/mol. The Labute approximate surface area is 142 Å². The van der Waals surface area contributed by atoms with E-state index in [1.54, 1.807) is 24.3 Å². The number of non-ortho nitro benzene ring substituents is 1. The van der Waals surface area contributed by atoms with Gasteiger partial charge in [0.25, 0.3) is 5.69 Å². The van der Waals surface area contributed by atoms with E-state index >= 15 is 0 Å². The highest BCUT2D eigenvalue weighted by Crippen LogP contribution is 2.32. The third-order valence-electron chi connectivity index (χ3n) is 3.08. The van der Waals surface area contributed by atoms with Gasteiger partial charge in [0, 0.05) is 16.7 Å². The number of ether oxygens (including phenoxy) is 2. The molecule has 2 aromatic rings. The average Bonchev–Trinajstić information content (AvgIpc) is 2.58. The van der Waals surface area contributed by atoms with Crippen molar-refractivity contribution in [3.05, 3.63) is 63.2 Å². The highest BCUT2D eigenvalue weighted by molar-refractivity contribution is 6.44. The summed E-state index contributed by atoms with van der Waals surface area (Å²) in [6.45, 7) is 0. The number of nitrogens with zero attached hydrogens (tertiary/aromatic N) is 2. The summed E-state index contributed by atoms with van der Waals surface area (Å²) in [4.78, 5) is 26.6. The quantitative estimate of drug-likeness (QED) is 0.356. The molecule has 0 heterocycles. The minimum atomic E-state index is -0.669. The second-order valence-corrected chi connectivity index (χ2v) is 5.01. The Hall–Kier alpha value is -2.93. The van der Waals surface area contributed by atoms with Gasteiger partial charge in [-0.15, -0.1) is 0 Å². The highest BCUT2D eigenvalue weighted by Gasteiger charge is 2.18. The third-order valence-corrected chi connectivity index (χ3v) is 3.32. The zero-order chi connectivity index (χ0) is 17.7. The fraction of sp³-hybridized carbons (Fsp3) is 0.125. The Morgan fingerprint density at radius 1 is 1.21 bits per heavy atom. The lowest BCUT2D eigenvalue weighted by atomic mass is 10.1. The molecule has 0 N–H and O–H groups in total. The molecule has 0 aliphatic heterocycles. The van der Waals surface area contributed by atoms with E-state index in [1.807, 2.05) is 0 Å². The summed E-state index contributed by atoms with van der Waals surface area (Å²) in [6.07, 6.45) is 0. The van der Waals surface area contributed by atoms with Crippen molar-refractivity contribution in [3.8, 4) is 5.75 Å². The lowest BCUT2D eigenvalue weighted by molar-refractivity contribution is -0.384. The zero-order valence-electron chi connectivity index (χ0n) is 12.9. The second-order valence-electron chi connectivity index (χ2n) is 4.58. The first-order chi connectivity index (χ1) is 11.5. The Balaban J connectivity index is 2.58. The van der Waals surface area contributed by atoms with Crippen molar-refractivity contribution in [2.75, 3.05) is 14.2 Å². The number of rotatable bonds is 5. The maximum atomic E-state index is 12.1. The molecule has 0 unspecified atom stereocenters. The molecule has 0 fully saturated rings. The molecule has 8 heteroatoms. The maximum Gasteiger partial charge on any atom is 0.357 e. The number of nitro benzene ring substituents is 1. The van der Waals surface area contributed by atoms with Crippen LogP contribution >= 0.6 is 11.6 Å². The van der Waals surface area contributed by atoms with Crippen LogP contribution in [-0.2, 0) is 9.53 Å². The van der Waals surface area contributed by atoms with Crippen molar-refractivity contribution in [2.24, 2.45) is 4.99 Å². The van der Waals surface area contributed by atoms with Gasteiger partial charge in [-0.25, -0.2) is 9.79 Å². The number of nitro groups is 1. The van der Waals surface area contributed by atoms with Crippen molar-refractivity contribution in [2.45, 2.75) is 0 Å². The standard InChI is InChI=1S/C16H13ClN2O5/c1-23-14-9-12(19(21)22)6-7-13(14)18-15(16(20)24-2)10-4-3-5-11(17)8-10/h3-9H,1-2H3. The van der Waals surface area contributed by atoms with Gasteiger partial charge in [-0.2, -0.15) is 0 Å². The van der Waals surface area contributed by atoms with Crippen LogP contribution in [0.3, 0.4) is 0 Å². The molecule has 2 rings (SSSR count). The molecule has 0 saturated heterocycles. The molecule has 0 aromatic heterocycles. The van der Waals surface area contributed by atoms with Crippen LogP contribution in [0.2, 0.25) is 5.02 Å². The lowest BCUT2D eigenvalue weighted by Gasteiger charge is -2.08. The second kappa shape index (κ2) is 7.56. The van der Waals surface area contributed by atoms with Crippen LogP contribution in [0.5, 0.6) is 5.75 Å². The molecule has 0 saturated carbocycles. The van der Waals surface area contributed by atoms with Crippen LogP contribution in [0, 0.1) is 10.1 Å². The van der Waals surface area contributed by atoms with Gasteiger partial charge in [0.2, 0.25) is 0 Å². The van der Waals surface area contributed by atoms with Crippen LogP contribution in [0.4, 0.5) is 11.4 Å². The molecule has 7 nitrogen and oxygen atoms in total. The van der Waals surface area contributed by atoms with E-state index in [1.165, 1.54) is 32.4 Å². The largest absolute Gasteiger partial charge is 0.494 e. The number of benzene rings is 2. The van der Waals surface area contributed by atoms with Crippen LogP contribution in [-0.4, -0.2) is 30.8 Å². The van der Waals surface area contributed by atoms with E-state index in [0.29, 0.717) is 10.6 Å². The zero-order valence-corrected chi connectivity index (χ0v) is 13.6. The Morgan fingerprint density at radius 3 is 2.54 bits per heavy atom. The van der Waals surface area contributed by atoms with E-state index in [2.05, 4.69) is 4.99 Å².